The van der Waals surface area contributed by atoms with Crippen LogP contribution in [0.1, 0.15) is 44.4 Å². The molecule has 1 aliphatic heterocycles. The zero-order valence-corrected chi connectivity index (χ0v) is 35.2. The average Bonchev–Trinajstić information content (AvgIpc) is 3.20. The molecule has 1 saturated heterocycles. The Morgan fingerprint density at radius 2 is 1.08 bits per heavy atom. The van der Waals surface area contributed by atoms with Crippen LogP contribution in [0.5, 0.6) is 23.0 Å². The summed E-state index contributed by atoms with van der Waals surface area (Å²) in [6.45, 7) is 12.4. The molecule has 0 saturated carbocycles. The number of hydrogen-bond acceptors (Lipinski definition) is 9. The van der Waals surface area contributed by atoms with Crippen molar-refractivity contribution in [2.24, 2.45) is 0 Å². The zero-order valence-electron chi connectivity index (χ0n) is 34.4. The van der Waals surface area contributed by atoms with Crippen LogP contribution in [0, 0.1) is 23.3 Å². The summed E-state index contributed by atoms with van der Waals surface area (Å²) in [6.07, 6.45) is 3.57. The van der Waals surface area contributed by atoms with Gasteiger partial charge in [0.2, 0.25) is 10.0 Å². The monoisotopic (exact) mass is 850 g/mol. The number of rotatable bonds is 19. The number of carbonyl (C=O) groups excluding carboxylic acids is 2. The first-order valence-electron chi connectivity index (χ1n) is 19.5. The largest absolute Gasteiger partial charge is 0.451 e. The number of likely N-dealkylation sites (N-methyl/N-ethyl adjacent to an activating group) is 1. The molecule has 1 N–H and O–H groups in total. The van der Waals surface area contributed by atoms with E-state index >= 15 is 0 Å². The van der Waals surface area contributed by atoms with E-state index in [1.807, 2.05) is 12.1 Å². The van der Waals surface area contributed by atoms with Crippen molar-refractivity contribution < 1.29 is 45.0 Å². The molecule has 0 atom stereocenters. The number of benzene rings is 4. The van der Waals surface area contributed by atoms with Crippen LogP contribution < -0.4 is 14.2 Å². The van der Waals surface area contributed by atoms with Gasteiger partial charge in [-0.1, -0.05) is 12.1 Å². The molecular weight excluding hydrogens is 801 g/mol. The van der Waals surface area contributed by atoms with Crippen molar-refractivity contribution in [1.82, 2.24) is 19.4 Å². The molecule has 0 unspecified atom stereocenters. The number of nitrogens with one attached hydrogen (secondary N) is 1. The lowest BCUT2D eigenvalue weighted by Gasteiger charge is -2.35. The Hall–Kier alpha value is -5.19. The molecule has 60 heavy (non-hydrogen) atoms. The number of nitrogens with zero attached hydrogens (tertiary/aromatic N) is 3. The molecule has 0 amide bonds. The Balaban J connectivity index is 0.987. The first kappa shape index (κ1) is 45.9. The second kappa shape index (κ2) is 20.9. The van der Waals surface area contributed by atoms with Crippen molar-refractivity contribution in [3.05, 3.63) is 124 Å². The van der Waals surface area contributed by atoms with E-state index in [1.54, 1.807) is 26.0 Å². The Bertz CT molecular complexity index is 2280. The lowest BCUT2D eigenvalue weighted by molar-refractivity contribution is -0.114. The van der Waals surface area contributed by atoms with E-state index in [1.165, 1.54) is 50.3 Å². The van der Waals surface area contributed by atoms with Crippen LogP contribution in [0.2, 0.25) is 0 Å². The highest BCUT2D eigenvalue weighted by atomic mass is 32.2. The number of allylic oxidation sites excluding steroid dienone is 2. The fourth-order valence-corrected chi connectivity index (χ4v) is 7.29. The van der Waals surface area contributed by atoms with Crippen molar-refractivity contribution in [1.29, 1.82) is 0 Å². The number of halogens is 4. The quantitative estimate of drug-likeness (QED) is 0.0745. The third-order valence-corrected chi connectivity index (χ3v) is 11.7. The summed E-state index contributed by atoms with van der Waals surface area (Å²) in [6, 6.07) is 16.7. The van der Waals surface area contributed by atoms with Gasteiger partial charge in [0.15, 0.2) is 46.3 Å². The molecule has 1 fully saturated rings. The standard InChI is InChI=1S/C45H50F4N4O6S/c1-30(32(3)54)24-35-26-40(46)44(41(47)27-35)58-37-8-6-34(7-9-37)14-16-51(5)18-19-53-22-20-52(21-23-53)17-15-50-60(56,57)39-12-10-38(11-13-39)59-45-42(48)28-36(29-43(45)49)25-31(2)33(4)55/h6-13,24-29,50H,14-23H2,1-5H3. The number of ether oxygens (including phenoxy) is 2. The molecule has 320 valence electrons. The number of ketones is 2. The van der Waals surface area contributed by atoms with Gasteiger partial charge in [-0.05, 0) is 142 Å². The first-order valence-corrected chi connectivity index (χ1v) is 21.0. The van der Waals surface area contributed by atoms with Crippen molar-refractivity contribution >= 4 is 33.7 Å². The summed E-state index contributed by atoms with van der Waals surface area (Å²) in [4.78, 5) is 29.7. The Labute approximate surface area is 349 Å². The van der Waals surface area contributed by atoms with E-state index in [9.17, 15) is 35.6 Å². The third-order valence-electron chi connectivity index (χ3n) is 10.2. The van der Waals surface area contributed by atoms with Crippen LogP contribution in [0.4, 0.5) is 17.6 Å². The molecule has 0 radical (unpaired) electrons. The van der Waals surface area contributed by atoms with Gasteiger partial charge in [0.05, 0.1) is 4.90 Å². The Morgan fingerprint density at radius 1 is 0.667 bits per heavy atom. The normalized spacial score (nSPS) is 14.4. The van der Waals surface area contributed by atoms with Crippen molar-refractivity contribution in [2.75, 3.05) is 66.0 Å². The summed E-state index contributed by atoms with van der Waals surface area (Å²) in [5, 5.41) is 0. The van der Waals surface area contributed by atoms with Gasteiger partial charge < -0.3 is 14.4 Å². The summed E-state index contributed by atoms with van der Waals surface area (Å²) in [7, 11) is -1.79. The second-order valence-electron chi connectivity index (χ2n) is 14.8. The van der Waals surface area contributed by atoms with Gasteiger partial charge in [-0.25, -0.2) is 30.7 Å². The van der Waals surface area contributed by atoms with Gasteiger partial charge >= 0.3 is 0 Å². The maximum absolute atomic E-state index is 14.7. The third kappa shape index (κ3) is 13.2. The van der Waals surface area contributed by atoms with Crippen molar-refractivity contribution in [3.63, 3.8) is 0 Å². The van der Waals surface area contributed by atoms with E-state index < -0.39 is 44.8 Å². The molecule has 10 nitrogen and oxygen atoms in total. The highest BCUT2D eigenvalue weighted by molar-refractivity contribution is 7.89. The molecule has 5 rings (SSSR count). The number of Topliss-reactive ketones (excluding diaryl/α,β-unsaturated/α-hetero) is 2. The summed E-state index contributed by atoms with van der Waals surface area (Å²) < 4.78 is 98.1. The van der Waals surface area contributed by atoms with E-state index in [0.717, 1.165) is 82.1 Å². The SMILES string of the molecule is CC(=O)C(C)=Cc1cc(F)c(Oc2ccc(CCN(C)CCN3CCN(CCNS(=O)(=O)c4ccc(Oc5c(F)cc(C=C(C)C(C)=O)cc5F)cc4)CC3)cc2)c(F)c1. The molecular formula is C45H50F4N4O6S. The fourth-order valence-electron chi connectivity index (χ4n) is 6.27. The van der Waals surface area contributed by atoms with Gasteiger partial charge in [0.25, 0.3) is 0 Å². The van der Waals surface area contributed by atoms with Crippen LogP contribution in [-0.4, -0.2) is 101 Å². The molecule has 1 heterocycles. The van der Waals surface area contributed by atoms with E-state index in [-0.39, 0.29) is 39.9 Å². The molecule has 4 aromatic rings. The minimum absolute atomic E-state index is 0.0153. The Morgan fingerprint density at radius 3 is 1.52 bits per heavy atom. The summed E-state index contributed by atoms with van der Waals surface area (Å²) in [5.41, 5.74) is 2.18. The first-order chi connectivity index (χ1) is 28.5. The van der Waals surface area contributed by atoms with Crippen LogP contribution in [0.25, 0.3) is 12.2 Å². The lowest BCUT2D eigenvalue weighted by atomic mass is 10.1. The highest BCUT2D eigenvalue weighted by Gasteiger charge is 2.20. The number of piperazine rings is 1. The molecule has 0 aliphatic carbocycles. The van der Waals surface area contributed by atoms with E-state index in [4.69, 9.17) is 9.47 Å². The maximum Gasteiger partial charge on any atom is 0.240 e. The maximum atomic E-state index is 14.7. The van der Waals surface area contributed by atoms with Crippen molar-refractivity contribution in [2.45, 2.75) is 39.0 Å². The van der Waals surface area contributed by atoms with Crippen LogP contribution in [0.15, 0.2) is 88.8 Å². The number of hydrogen-bond donors (Lipinski definition) is 1. The van der Waals surface area contributed by atoms with Crippen molar-refractivity contribution in [3.8, 4) is 23.0 Å². The summed E-state index contributed by atoms with van der Waals surface area (Å²) >= 11 is 0. The lowest BCUT2D eigenvalue weighted by Crippen LogP contribution is -2.49. The average molecular weight is 851 g/mol. The minimum Gasteiger partial charge on any atom is -0.451 e. The fraction of sp³-hybridized carbons (Fsp3) is 0.333. The van der Waals surface area contributed by atoms with E-state index in [0.29, 0.717) is 23.4 Å². The van der Waals surface area contributed by atoms with Gasteiger partial charge in [0, 0.05) is 58.9 Å². The van der Waals surface area contributed by atoms with Gasteiger partial charge in [-0.15, -0.1) is 0 Å². The summed E-state index contributed by atoms with van der Waals surface area (Å²) in [5.74, 6) is -4.86. The molecule has 0 aromatic heterocycles. The van der Waals surface area contributed by atoms with Gasteiger partial charge in [0.1, 0.15) is 11.5 Å². The smallest absolute Gasteiger partial charge is 0.240 e. The molecule has 1 aliphatic rings. The number of carbonyl (C=O) groups is 2. The van der Waals surface area contributed by atoms with Crippen LogP contribution in [-0.2, 0) is 26.0 Å². The Kier molecular flexibility index (Phi) is 16.0. The second-order valence-corrected chi connectivity index (χ2v) is 16.6. The highest BCUT2D eigenvalue weighted by Crippen LogP contribution is 2.31. The topological polar surface area (TPSA) is 108 Å². The van der Waals surface area contributed by atoms with Gasteiger partial charge in [-0.2, -0.15) is 0 Å². The molecule has 15 heteroatoms. The van der Waals surface area contributed by atoms with E-state index in [2.05, 4.69) is 26.5 Å². The zero-order chi connectivity index (χ0) is 43.6. The van der Waals surface area contributed by atoms with Gasteiger partial charge in [-0.3, -0.25) is 19.4 Å². The van der Waals surface area contributed by atoms with Crippen LogP contribution in [0.3, 0.4) is 0 Å². The predicted octanol–water partition coefficient (Wildman–Crippen LogP) is 7.88. The minimum atomic E-state index is -3.84. The molecule has 0 spiro atoms. The number of sulfonamides is 1. The van der Waals surface area contributed by atoms with Crippen LogP contribution >= 0.6 is 0 Å². The predicted molar refractivity (Wildman–Crippen MR) is 224 cm³/mol. The molecule has 0 bridgehead atoms. The molecule has 4 aromatic carbocycles.